The fraction of sp³-hybridized carbons (Fsp3) is 0.579. The van der Waals surface area contributed by atoms with Gasteiger partial charge in [-0.2, -0.15) is 0 Å². The van der Waals surface area contributed by atoms with Crippen molar-refractivity contribution in [1.29, 1.82) is 0 Å². The second kappa shape index (κ2) is 12.6. The van der Waals surface area contributed by atoms with Crippen LogP contribution in [0.2, 0.25) is 0 Å². The monoisotopic (exact) mass is 514 g/mol. The lowest BCUT2D eigenvalue weighted by Gasteiger charge is -2.37. The first kappa shape index (κ1) is 23.3. The Balaban J connectivity index is 0.00000300. The molecule has 0 unspecified atom stereocenters. The van der Waals surface area contributed by atoms with Crippen molar-refractivity contribution in [2.75, 3.05) is 57.9 Å². The lowest BCUT2D eigenvalue weighted by molar-refractivity contribution is 0.207. The molecular weight excluding hydrogens is 483 g/mol. The third-order valence-corrected chi connectivity index (χ3v) is 4.76. The van der Waals surface area contributed by atoms with E-state index in [1.54, 1.807) is 13.4 Å². The van der Waals surface area contributed by atoms with Crippen LogP contribution in [0.25, 0.3) is 0 Å². The highest BCUT2D eigenvalue weighted by Gasteiger charge is 2.20. The summed E-state index contributed by atoms with van der Waals surface area (Å²) in [6.45, 7) is 8.60. The Hall–Kier alpha value is -1.95. The molecule has 0 bridgehead atoms. The Morgan fingerprint density at radius 1 is 1.24 bits per heavy atom. The molecule has 0 saturated carbocycles. The molecule has 2 aromatic heterocycles. The van der Waals surface area contributed by atoms with Gasteiger partial charge in [-0.15, -0.1) is 34.2 Å². The van der Waals surface area contributed by atoms with E-state index in [2.05, 4.69) is 47.9 Å². The van der Waals surface area contributed by atoms with Crippen LogP contribution in [0.3, 0.4) is 0 Å². The predicted molar refractivity (Wildman–Crippen MR) is 125 cm³/mol. The van der Waals surface area contributed by atoms with E-state index in [1.165, 1.54) is 0 Å². The lowest BCUT2D eigenvalue weighted by atomic mass is 10.3. The Morgan fingerprint density at radius 2 is 2.07 bits per heavy atom. The van der Waals surface area contributed by atoms with Gasteiger partial charge in [0.1, 0.15) is 18.0 Å². The van der Waals surface area contributed by atoms with Gasteiger partial charge in [-0.05, 0) is 12.1 Å². The van der Waals surface area contributed by atoms with Crippen molar-refractivity contribution in [2.45, 2.75) is 19.9 Å². The smallest absolute Gasteiger partial charge is 0.194 e. The van der Waals surface area contributed by atoms with Crippen LogP contribution in [-0.4, -0.2) is 83.6 Å². The van der Waals surface area contributed by atoms with E-state index in [-0.39, 0.29) is 24.0 Å². The van der Waals surface area contributed by atoms with Gasteiger partial charge in [0.15, 0.2) is 5.96 Å². The topological polar surface area (TPSA) is 83.7 Å². The summed E-state index contributed by atoms with van der Waals surface area (Å²) in [6.07, 6.45) is 4.51. The molecule has 29 heavy (non-hydrogen) atoms. The van der Waals surface area contributed by atoms with Crippen molar-refractivity contribution in [3.63, 3.8) is 0 Å². The van der Waals surface area contributed by atoms with Crippen molar-refractivity contribution in [2.24, 2.45) is 4.99 Å². The molecule has 2 aromatic rings. The van der Waals surface area contributed by atoms with E-state index < -0.39 is 0 Å². The average molecular weight is 514 g/mol. The number of halogens is 1. The quantitative estimate of drug-likeness (QED) is 0.246. The number of aliphatic imine (C=N–C) groups is 1. The number of nitrogens with one attached hydrogen (secondary N) is 1. The van der Waals surface area contributed by atoms with Crippen molar-refractivity contribution >= 4 is 35.8 Å². The maximum absolute atomic E-state index is 5.16. The van der Waals surface area contributed by atoms with E-state index in [0.717, 1.165) is 63.3 Å². The molecule has 1 aliphatic rings. The van der Waals surface area contributed by atoms with Crippen molar-refractivity contribution in [3.8, 4) is 0 Å². The standard InChI is InChI=1S/C19H30N8O.HI/c1-3-17-24-23-16-27(17)10-8-21-19(22-9-15-28-2)26-13-11-25(12-14-26)18-6-4-5-7-20-18;/h4-7,16H,3,8-15H2,1-2H3,(H,21,22);1H. The average Bonchev–Trinajstić information content (AvgIpc) is 3.21. The van der Waals surface area contributed by atoms with Gasteiger partial charge >= 0.3 is 0 Å². The summed E-state index contributed by atoms with van der Waals surface area (Å²) in [4.78, 5) is 13.8. The number of anilines is 1. The molecule has 1 N–H and O–H groups in total. The SMILES string of the molecule is CCc1nncn1CCNC(=NCCOC)N1CCN(c2ccccn2)CC1.I. The highest BCUT2D eigenvalue weighted by atomic mass is 127. The lowest BCUT2D eigenvalue weighted by Crippen LogP contribution is -2.53. The summed E-state index contributed by atoms with van der Waals surface area (Å²) in [5.74, 6) is 2.97. The van der Waals surface area contributed by atoms with E-state index >= 15 is 0 Å². The molecule has 9 nitrogen and oxygen atoms in total. The maximum Gasteiger partial charge on any atom is 0.194 e. The molecule has 3 rings (SSSR count). The molecule has 3 heterocycles. The zero-order chi connectivity index (χ0) is 19.6. The first-order chi connectivity index (χ1) is 13.8. The van der Waals surface area contributed by atoms with Crippen LogP contribution in [0, 0.1) is 0 Å². The zero-order valence-electron chi connectivity index (χ0n) is 17.2. The van der Waals surface area contributed by atoms with Gasteiger partial charge in [-0.25, -0.2) is 4.98 Å². The van der Waals surface area contributed by atoms with Crippen molar-refractivity contribution < 1.29 is 4.74 Å². The number of methoxy groups -OCH3 is 1. The van der Waals surface area contributed by atoms with E-state index in [4.69, 9.17) is 9.73 Å². The number of hydrogen-bond donors (Lipinski definition) is 1. The van der Waals surface area contributed by atoms with E-state index in [0.29, 0.717) is 13.2 Å². The van der Waals surface area contributed by atoms with Crippen LogP contribution in [0.15, 0.2) is 35.7 Å². The summed E-state index contributed by atoms with van der Waals surface area (Å²) < 4.78 is 7.24. The summed E-state index contributed by atoms with van der Waals surface area (Å²) in [5, 5.41) is 11.6. The van der Waals surface area contributed by atoms with Crippen LogP contribution in [0.5, 0.6) is 0 Å². The van der Waals surface area contributed by atoms with Gasteiger partial charge < -0.3 is 24.4 Å². The largest absolute Gasteiger partial charge is 0.383 e. The molecule has 1 saturated heterocycles. The van der Waals surface area contributed by atoms with Crippen LogP contribution in [0.1, 0.15) is 12.7 Å². The summed E-state index contributed by atoms with van der Waals surface area (Å²) >= 11 is 0. The number of aryl methyl sites for hydroxylation is 1. The summed E-state index contributed by atoms with van der Waals surface area (Å²) in [6, 6.07) is 6.04. The third-order valence-electron chi connectivity index (χ3n) is 4.76. The molecule has 160 valence electrons. The Labute approximate surface area is 189 Å². The van der Waals surface area contributed by atoms with Gasteiger partial charge in [-0.1, -0.05) is 13.0 Å². The minimum atomic E-state index is 0. The van der Waals surface area contributed by atoms with Crippen molar-refractivity contribution in [1.82, 2.24) is 30.0 Å². The van der Waals surface area contributed by atoms with Gasteiger partial charge in [0, 0.05) is 59.0 Å². The molecule has 1 aliphatic heterocycles. The van der Waals surface area contributed by atoms with E-state index in [1.807, 2.05) is 18.3 Å². The maximum atomic E-state index is 5.16. The second-order valence-electron chi connectivity index (χ2n) is 6.58. The van der Waals surface area contributed by atoms with E-state index in [9.17, 15) is 0 Å². The Morgan fingerprint density at radius 3 is 2.76 bits per heavy atom. The molecule has 0 aliphatic carbocycles. The van der Waals surface area contributed by atoms with Crippen LogP contribution in [0.4, 0.5) is 5.82 Å². The first-order valence-corrected chi connectivity index (χ1v) is 9.86. The third kappa shape index (κ3) is 6.81. The van der Waals surface area contributed by atoms with Gasteiger partial charge in [0.05, 0.1) is 13.2 Å². The number of aromatic nitrogens is 4. The molecule has 1 fully saturated rings. The first-order valence-electron chi connectivity index (χ1n) is 9.86. The summed E-state index contributed by atoms with van der Waals surface area (Å²) in [5.41, 5.74) is 0. The predicted octanol–water partition coefficient (Wildman–Crippen LogP) is 1.27. The van der Waals surface area contributed by atoms with Crippen LogP contribution >= 0.6 is 24.0 Å². The minimum absolute atomic E-state index is 0. The molecule has 0 amide bonds. The number of nitrogens with zero attached hydrogens (tertiary/aromatic N) is 7. The minimum Gasteiger partial charge on any atom is -0.383 e. The fourth-order valence-corrected chi connectivity index (χ4v) is 3.23. The Bertz CT molecular complexity index is 731. The van der Waals surface area contributed by atoms with Gasteiger partial charge in [-0.3, -0.25) is 4.99 Å². The Kier molecular flexibility index (Phi) is 10.1. The molecule has 0 aromatic carbocycles. The fourth-order valence-electron chi connectivity index (χ4n) is 3.23. The molecule has 0 spiro atoms. The number of piperazine rings is 1. The highest BCUT2D eigenvalue weighted by Crippen LogP contribution is 2.12. The van der Waals surface area contributed by atoms with Crippen molar-refractivity contribution in [3.05, 3.63) is 36.5 Å². The summed E-state index contributed by atoms with van der Waals surface area (Å²) in [7, 11) is 1.70. The number of ether oxygens (including phenoxy) is 1. The van der Waals surface area contributed by atoms with Gasteiger partial charge in [0.2, 0.25) is 0 Å². The number of pyridine rings is 1. The highest BCUT2D eigenvalue weighted by molar-refractivity contribution is 14.0. The number of hydrogen-bond acceptors (Lipinski definition) is 6. The normalized spacial score (nSPS) is 14.6. The molecule has 10 heteroatoms. The van der Waals surface area contributed by atoms with Crippen LogP contribution < -0.4 is 10.2 Å². The molecule has 0 atom stereocenters. The zero-order valence-corrected chi connectivity index (χ0v) is 19.5. The number of rotatable bonds is 8. The van der Waals surface area contributed by atoms with Gasteiger partial charge in [0.25, 0.3) is 0 Å². The molecule has 0 radical (unpaired) electrons. The second-order valence-corrected chi connectivity index (χ2v) is 6.58. The van der Waals surface area contributed by atoms with Crippen LogP contribution in [-0.2, 0) is 17.7 Å². The number of guanidine groups is 1. The molecular formula is C19H31IN8O.